The molecule has 0 spiro atoms. The van der Waals surface area contributed by atoms with E-state index in [4.69, 9.17) is 4.42 Å². The molecular formula is C21H14FN5OS. The van der Waals surface area contributed by atoms with Crippen molar-refractivity contribution in [2.24, 2.45) is 0 Å². The molecule has 0 radical (unpaired) electrons. The van der Waals surface area contributed by atoms with Crippen LogP contribution < -0.4 is 0 Å². The molecule has 3 heterocycles. The zero-order valence-electron chi connectivity index (χ0n) is 15.1. The molecule has 0 saturated heterocycles. The van der Waals surface area contributed by atoms with Crippen molar-refractivity contribution < 1.29 is 8.81 Å². The van der Waals surface area contributed by atoms with Crippen molar-refractivity contribution in [3.63, 3.8) is 0 Å². The second kappa shape index (κ2) is 7.40. The average molecular weight is 403 g/mol. The summed E-state index contributed by atoms with van der Waals surface area (Å²) in [5, 5.41) is 12.5. The van der Waals surface area contributed by atoms with Crippen LogP contribution in [0.2, 0.25) is 0 Å². The molecule has 2 aromatic carbocycles. The first-order chi connectivity index (χ1) is 14.2. The van der Waals surface area contributed by atoms with Gasteiger partial charge in [0.05, 0.1) is 11.4 Å². The summed E-state index contributed by atoms with van der Waals surface area (Å²) < 4.78 is 20.7. The van der Waals surface area contributed by atoms with Crippen LogP contribution in [0.25, 0.3) is 32.7 Å². The number of rotatable bonds is 5. The Bertz CT molecular complexity index is 1230. The molecule has 5 rings (SSSR count). The molecule has 5 aromatic rings. The van der Waals surface area contributed by atoms with Gasteiger partial charge in [-0.25, -0.2) is 14.1 Å². The van der Waals surface area contributed by atoms with Gasteiger partial charge in [-0.1, -0.05) is 24.3 Å². The van der Waals surface area contributed by atoms with E-state index >= 15 is 0 Å². The van der Waals surface area contributed by atoms with Crippen LogP contribution in [0.15, 0.2) is 77.7 Å². The highest BCUT2D eigenvalue weighted by atomic mass is 32.1. The molecular weight excluding hydrogens is 389 g/mol. The molecule has 3 aromatic heterocycles. The number of benzene rings is 2. The Morgan fingerprint density at radius 3 is 2.31 bits per heavy atom. The summed E-state index contributed by atoms with van der Waals surface area (Å²) in [4.78, 5) is 5.82. The Morgan fingerprint density at radius 1 is 0.828 bits per heavy atom. The van der Waals surface area contributed by atoms with E-state index in [1.165, 1.54) is 29.8 Å². The third-order valence-corrected chi connectivity index (χ3v) is 5.50. The van der Waals surface area contributed by atoms with E-state index < -0.39 is 0 Å². The maximum Gasteiger partial charge on any atom is 0.258 e. The lowest BCUT2D eigenvalue weighted by Crippen LogP contribution is -1.99. The second-order valence-electron chi connectivity index (χ2n) is 6.37. The third-order valence-electron chi connectivity index (χ3n) is 4.38. The summed E-state index contributed by atoms with van der Waals surface area (Å²) >= 11 is 1.52. The Morgan fingerprint density at radius 2 is 1.55 bits per heavy atom. The molecule has 0 aliphatic heterocycles. The first-order valence-corrected chi connectivity index (χ1v) is 9.68. The van der Waals surface area contributed by atoms with Gasteiger partial charge < -0.3 is 4.42 Å². The van der Waals surface area contributed by atoms with Gasteiger partial charge in [0.2, 0.25) is 5.89 Å². The minimum absolute atomic E-state index is 0.251. The zero-order chi connectivity index (χ0) is 19.6. The van der Waals surface area contributed by atoms with E-state index in [0.717, 1.165) is 26.4 Å². The summed E-state index contributed by atoms with van der Waals surface area (Å²) in [5.74, 6) is 0.675. The Hall–Kier alpha value is -3.65. The van der Waals surface area contributed by atoms with Crippen LogP contribution >= 0.6 is 11.3 Å². The molecule has 142 valence electrons. The SMILES string of the molecule is Fc1ccc(-c2ccc(-c3nnc(-c4ccc(Cn5cncn5)cc4)o3)s2)cc1. The van der Waals surface area contributed by atoms with Crippen molar-refractivity contribution in [3.8, 4) is 32.7 Å². The number of halogens is 1. The van der Waals surface area contributed by atoms with Gasteiger partial charge in [0.1, 0.15) is 18.5 Å². The van der Waals surface area contributed by atoms with Crippen LogP contribution in [-0.2, 0) is 6.54 Å². The molecule has 29 heavy (non-hydrogen) atoms. The summed E-state index contributed by atoms with van der Waals surface area (Å²) in [6.45, 7) is 0.650. The Balaban J connectivity index is 1.35. The van der Waals surface area contributed by atoms with Crippen LogP contribution in [0.1, 0.15) is 5.56 Å². The number of hydrogen-bond donors (Lipinski definition) is 0. The fraction of sp³-hybridized carbons (Fsp3) is 0.0476. The van der Waals surface area contributed by atoms with E-state index in [-0.39, 0.29) is 5.82 Å². The van der Waals surface area contributed by atoms with E-state index in [1.807, 2.05) is 36.4 Å². The van der Waals surface area contributed by atoms with Gasteiger partial charge in [0.25, 0.3) is 5.89 Å². The molecule has 6 nitrogen and oxygen atoms in total. The minimum Gasteiger partial charge on any atom is -0.415 e. The van der Waals surface area contributed by atoms with Gasteiger partial charge in [-0.15, -0.1) is 21.5 Å². The van der Waals surface area contributed by atoms with E-state index in [9.17, 15) is 4.39 Å². The number of nitrogens with zero attached hydrogens (tertiary/aromatic N) is 5. The molecule has 0 amide bonds. The summed E-state index contributed by atoms with van der Waals surface area (Å²) in [6, 6.07) is 18.2. The predicted molar refractivity (Wildman–Crippen MR) is 108 cm³/mol. The number of hydrogen-bond acceptors (Lipinski definition) is 6. The monoisotopic (exact) mass is 403 g/mol. The van der Waals surface area contributed by atoms with Crippen LogP contribution in [0.3, 0.4) is 0 Å². The highest BCUT2D eigenvalue weighted by molar-refractivity contribution is 7.18. The fourth-order valence-corrected chi connectivity index (χ4v) is 3.85. The van der Waals surface area contributed by atoms with Gasteiger partial charge >= 0.3 is 0 Å². The largest absolute Gasteiger partial charge is 0.415 e. The third kappa shape index (κ3) is 3.70. The maximum absolute atomic E-state index is 13.1. The first kappa shape index (κ1) is 17.4. The van der Waals surface area contributed by atoms with Gasteiger partial charge in [-0.05, 0) is 47.5 Å². The quantitative estimate of drug-likeness (QED) is 0.417. The molecule has 0 aliphatic carbocycles. The van der Waals surface area contributed by atoms with E-state index in [2.05, 4.69) is 20.3 Å². The summed E-state index contributed by atoms with van der Waals surface area (Å²) in [5.41, 5.74) is 2.90. The molecule has 0 saturated carbocycles. The molecule has 0 bridgehead atoms. The highest BCUT2D eigenvalue weighted by Gasteiger charge is 2.13. The van der Waals surface area contributed by atoms with Crippen LogP contribution in [0.4, 0.5) is 4.39 Å². The zero-order valence-corrected chi connectivity index (χ0v) is 15.9. The molecule has 0 unspecified atom stereocenters. The van der Waals surface area contributed by atoms with Crippen molar-refractivity contribution in [2.45, 2.75) is 6.54 Å². The molecule has 0 fully saturated rings. The second-order valence-corrected chi connectivity index (χ2v) is 7.46. The Labute approximate surface area is 169 Å². The smallest absolute Gasteiger partial charge is 0.258 e. The van der Waals surface area contributed by atoms with Crippen molar-refractivity contribution in [1.82, 2.24) is 25.0 Å². The lowest BCUT2D eigenvalue weighted by molar-refractivity contribution is 0.586. The summed E-state index contributed by atoms with van der Waals surface area (Å²) in [7, 11) is 0. The standard InChI is InChI=1S/C21H14FN5OS/c22-17-7-5-15(6-8-17)18-9-10-19(29-18)21-26-25-20(28-21)16-3-1-14(2-4-16)11-27-13-23-12-24-27/h1-10,12-13H,11H2. The summed E-state index contributed by atoms with van der Waals surface area (Å²) in [6.07, 6.45) is 3.19. The van der Waals surface area contributed by atoms with Crippen LogP contribution in [0.5, 0.6) is 0 Å². The van der Waals surface area contributed by atoms with Crippen molar-refractivity contribution in [1.29, 1.82) is 0 Å². The normalized spacial score (nSPS) is 11.1. The fourth-order valence-electron chi connectivity index (χ4n) is 2.92. The van der Waals surface area contributed by atoms with E-state index in [1.54, 1.807) is 23.1 Å². The van der Waals surface area contributed by atoms with Gasteiger partial charge in [0, 0.05) is 10.4 Å². The van der Waals surface area contributed by atoms with Crippen molar-refractivity contribution in [2.75, 3.05) is 0 Å². The Kier molecular flexibility index (Phi) is 4.45. The number of aromatic nitrogens is 5. The van der Waals surface area contributed by atoms with Crippen molar-refractivity contribution in [3.05, 3.63) is 84.7 Å². The molecule has 0 N–H and O–H groups in total. The van der Waals surface area contributed by atoms with Crippen molar-refractivity contribution >= 4 is 11.3 Å². The number of thiophene rings is 1. The van der Waals surface area contributed by atoms with Gasteiger partial charge in [0.15, 0.2) is 0 Å². The first-order valence-electron chi connectivity index (χ1n) is 8.86. The molecule has 0 aliphatic rings. The topological polar surface area (TPSA) is 69.6 Å². The van der Waals surface area contributed by atoms with Crippen LogP contribution in [0, 0.1) is 5.82 Å². The lowest BCUT2D eigenvalue weighted by atomic mass is 10.1. The molecule has 8 heteroatoms. The maximum atomic E-state index is 13.1. The minimum atomic E-state index is -0.251. The molecule has 0 atom stereocenters. The average Bonchev–Trinajstić information content (AvgIpc) is 3.51. The van der Waals surface area contributed by atoms with Gasteiger partial charge in [-0.3, -0.25) is 0 Å². The van der Waals surface area contributed by atoms with E-state index in [0.29, 0.717) is 18.3 Å². The highest BCUT2D eigenvalue weighted by Crippen LogP contribution is 2.34. The lowest BCUT2D eigenvalue weighted by Gasteiger charge is -2.01. The van der Waals surface area contributed by atoms with Gasteiger partial charge in [-0.2, -0.15) is 5.10 Å². The predicted octanol–water partition coefficient (Wildman–Crippen LogP) is 4.91. The van der Waals surface area contributed by atoms with Crippen LogP contribution in [-0.4, -0.2) is 25.0 Å².